The van der Waals surface area contributed by atoms with Gasteiger partial charge in [-0.05, 0) is 38.2 Å². The van der Waals surface area contributed by atoms with Gasteiger partial charge < -0.3 is 5.32 Å². The topological polar surface area (TPSA) is 49.3 Å². The number of rotatable bonds is 4. The van der Waals surface area contributed by atoms with Gasteiger partial charge in [-0.1, -0.05) is 12.1 Å². The van der Waals surface area contributed by atoms with Gasteiger partial charge in [0.1, 0.15) is 0 Å². The summed E-state index contributed by atoms with van der Waals surface area (Å²) in [5.74, 6) is 0. The highest BCUT2D eigenvalue weighted by atomic mass is 32.1. The van der Waals surface area contributed by atoms with Crippen LogP contribution in [0.2, 0.25) is 0 Å². The molecule has 1 rings (SSSR count). The zero-order chi connectivity index (χ0) is 12.7. The summed E-state index contributed by atoms with van der Waals surface area (Å²) in [6, 6.07) is 5.80. The predicted octanol–water partition coefficient (Wildman–Crippen LogP) is 1.76. The normalized spacial score (nSPS) is 10.8. The summed E-state index contributed by atoms with van der Waals surface area (Å²) in [7, 11) is 0. The molecule has 90 valence electrons. The molecule has 4 nitrogen and oxygen atoms in total. The minimum absolute atomic E-state index is 0.469. The Morgan fingerprint density at radius 1 is 1.59 bits per heavy atom. The van der Waals surface area contributed by atoms with Gasteiger partial charge >= 0.3 is 0 Å². The van der Waals surface area contributed by atoms with E-state index >= 15 is 0 Å². The van der Waals surface area contributed by atoms with Gasteiger partial charge in [0.15, 0.2) is 5.11 Å². The van der Waals surface area contributed by atoms with Gasteiger partial charge in [0, 0.05) is 12.2 Å². The molecule has 0 saturated heterocycles. The molecule has 5 heteroatoms. The van der Waals surface area contributed by atoms with Crippen LogP contribution in [0.3, 0.4) is 0 Å². The highest BCUT2D eigenvalue weighted by Crippen LogP contribution is 1.99. The summed E-state index contributed by atoms with van der Waals surface area (Å²) in [4.78, 5) is 4.36. The van der Waals surface area contributed by atoms with Crippen LogP contribution in [0.5, 0.6) is 0 Å². The third-order valence-electron chi connectivity index (χ3n) is 1.99. The summed E-state index contributed by atoms with van der Waals surface area (Å²) >= 11 is 5.02. The first-order valence-corrected chi connectivity index (χ1v) is 5.67. The molecule has 0 aliphatic rings. The van der Waals surface area contributed by atoms with E-state index in [1.165, 1.54) is 0 Å². The summed E-state index contributed by atoms with van der Waals surface area (Å²) in [5, 5.41) is 7.55. The first kappa shape index (κ1) is 13.3. The highest BCUT2D eigenvalue weighted by Gasteiger charge is 1.99. The quantitative estimate of drug-likeness (QED) is 0.369. The maximum absolute atomic E-state index is 5.02. The van der Waals surface area contributed by atoms with E-state index in [0.717, 1.165) is 17.1 Å². The maximum atomic E-state index is 5.02. The fourth-order valence-electron chi connectivity index (χ4n) is 1.14. The zero-order valence-electron chi connectivity index (χ0n) is 10.0. The van der Waals surface area contributed by atoms with Gasteiger partial charge in [-0.15, -0.1) is 6.58 Å². The Bertz CT molecular complexity index is 440. The number of hydrogen-bond donors (Lipinski definition) is 2. The molecule has 0 aliphatic carbocycles. The fourth-order valence-corrected chi connectivity index (χ4v) is 1.27. The van der Waals surface area contributed by atoms with Crippen molar-refractivity contribution in [1.82, 2.24) is 15.7 Å². The Morgan fingerprint density at radius 2 is 2.35 bits per heavy atom. The van der Waals surface area contributed by atoms with Gasteiger partial charge in [0.25, 0.3) is 0 Å². The molecule has 0 atom stereocenters. The SMILES string of the molecule is C=CCNC(=S)NN=C(C)c1cccc(C)n1. The minimum Gasteiger partial charge on any atom is -0.358 e. The number of nitrogens with zero attached hydrogens (tertiary/aromatic N) is 2. The lowest BCUT2D eigenvalue weighted by atomic mass is 10.2. The first-order valence-electron chi connectivity index (χ1n) is 5.26. The standard InChI is InChI=1S/C12H16N4S/c1-4-8-13-12(17)16-15-10(3)11-7-5-6-9(2)14-11/h4-7H,1,8H2,2-3H3,(H2,13,16,17). The molecule has 2 N–H and O–H groups in total. The number of thiocarbonyl (C=S) groups is 1. The van der Waals surface area contributed by atoms with Gasteiger partial charge in [0.2, 0.25) is 0 Å². The van der Waals surface area contributed by atoms with Gasteiger partial charge in [-0.25, -0.2) is 0 Å². The molecular formula is C12H16N4S. The Labute approximate surface area is 107 Å². The van der Waals surface area contributed by atoms with Crippen molar-refractivity contribution in [2.45, 2.75) is 13.8 Å². The van der Waals surface area contributed by atoms with E-state index in [1.807, 2.05) is 32.0 Å². The maximum Gasteiger partial charge on any atom is 0.187 e. The number of aromatic nitrogens is 1. The molecule has 1 aromatic rings. The number of hydrogen-bond acceptors (Lipinski definition) is 3. The fraction of sp³-hybridized carbons (Fsp3) is 0.250. The number of pyridine rings is 1. The second-order valence-electron chi connectivity index (χ2n) is 3.47. The van der Waals surface area contributed by atoms with Crippen LogP contribution in [0.4, 0.5) is 0 Å². The molecule has 0 aromatic carbocycles. The number of aryl methyl sites for hydroxylation is 1. The third kappa shape index (κ3) is 4.74. The Balaban J connectivity index is 2.60. The van der Waals surface area contributed by atoms with E-state index in [4.69, 9.17) is 12.2 Å². The van der Waals surface area contributed by atoms with Crippen LogP contribution in [0.25, 0.3) is 0 Å². The van der Waals surface area contributed by atoms with Crippen molar-refractivity contribution >= 4 is 23.0 Å². The lowest BCUT2D eigenvalue weighted by Gasteiger charge is -2.05. The van der Waals surface area contributed by atoms with Crippen LogP contribution in [0.15, 0.2) is 36.0 Å². The predicted molar refractivity (Wildman–Crippen MR) is 75.1 cm³/mol. The molecule has 0 amide bonds. The zero-order valence-corrected chi connectivity index (χ0v) is 10.8. The van der Waals surface area contributed by atoms with Crippen LogP contribution < -0.4 is 10.7 Å². The molecule has 0 radical (unpaired) electrons. The van der Waals surface area contributed by atoms with Crippen LogP contribution in [-0.2, 0) is 0 Å². The van der Waals surface area contributed by atoms with Crippen molar-refractivity contribution in [3.05, 3.63) is 42.2 Å². The lowest BCUT2D eigenvalue weighted by molar-refractivity contribution is 0.934. The van der Waals surface area contributed by atoms with Crippen molar-refractivity contribution in [2.75, 3.05) is 6.54 Å². The van der Waals surface area contributed by atoms with E-state index in [2.05, 4.69) is 27.4 Å². The third-order valence-corrected chi connectivity index (χ3v) is 2.23. The second-order valence-corrected chi connectivity index (χ2v) is 3.88. The molecule has 1 heterocycles. The minimum atomic E-state index is 0.469. The van der Waals surface area contributed by atoms with Gasteiger partial charge in [0.05, 0.1) is 11.4 Å². The van der Waals surface area contributed by atoms with E-state index in [-0.39, 0.29) is 0 Å². The molecule has 0 fully saturated rings. The largest absolute Gasteiger partial charge is 0.358 e. The molecule has 17 heavy (non-hydrogen) atoms. The van der Waals surface area contributed by atoms with Crippen molar-refractivity contribution < 1.29 is 0 Å². The van der Waals surface area contributed by atoms with E-state index in [1.54, 1.807) is 6.08 Å². The van der Waals surface area contributed by atoms with E-state index < -0.39 is 0 Å². The van der Waals surface area contributed by atoms with Crippen LogP contribution in [0, 0.1) is 6.92 Å². The lowest BCUT2D eigenvalue weighted by Crippen LogP contribution is -2.32. The van der Waals surface area contributed by atoms with E-state index in [0.29, 0.717) is 11.7 Å². The highest BCUT2D eigenvalue weighted by molar-refractivity contribution is 7.80. The Kier molecular flexibility index (Phi) is 5.29. The van der Waals surface area contributed by atoms with Crippen LogP contribution in [0.1, 0.15) is 18.3 Å². The monoisotopic (exact) mass is 248 g/mol. The number of hydrazone groups is 1. The Hall–Kier alpha value is -1.75. The van der Waals surface area contributed by atoms with Crippen LogP contribution in [-0.4, -0.2) is 22.4 Å². The van der Waals surface area contributed by atoms with Gasteiger partial charge in [-0.2, -0.15) is 5.10 Å². The van der Waals surface area contributed by atoms with Crippen molar-refractivity contribution in [2.24, 2.45) is 5.10 Å². The van der Waals surface area contributed by atoms with Crippen molar-refractivity contribution in [1.29, 1.82) is 0 Å². The van der Waals surface area contributed by atoms with Crippen LogP contribution >= 0.6 is 12.2 Å². The molecule has 0 unspecified atom stereocenters. The average molecular weight is 248 g/mol. The average Bonchev–Trinajstić information content (AvgIpc) is 2.33. The van der Waals surface area contributed by atoms with Crippen molar-refractivity contribution in [3.63, 3.8) is 0 Å². The molecule has 0 saturated carbocycles. The van der Waals surface area contributed by atoms with Crippen molar-refractivity contribution in [3.8, 4) is 0 Å². The molecule has 0 bridgehead atoms. The molecular weight excluding hydrogens is 232 g/mol. The first-order chi connectivity index (χ1) is 8.13. The summed E-state index contributed by atoms with van der Waals surface area (Å²) < 4.78 is 0. The van der Waals surface area contributed by atoms with E-state index in [9.17, 15) is 0 Å². The smallest absolute Gasteiger partial charge is 0.187 e. The molecule has 1 aromatic heterocycles. The summed E-state index contributed by atoms with van der Waals surface area (Å²) in [6.07, 6.45) is 1.73. The molecule has 0 spiro atoms. The summed E-state index contributed by atoms with van der Waals surface area (Å²) in [5.41, 5.74) is 5.34. The second kappa shape index (κ2) is 6.75. The Morgan fingerprint density at radius 3 is 3.00 bits per heavy atom. The summed E-state index contributed by atoms with van der Waals surface area (Å²) in [6.45, 7) is 8.03. The number of nitrogens with one attached hydrogen (secondary N) is 2. The molecule has 0 aliphatic heterocycles. The van der Waals surface area contributed by atoms with Gasteiger partial charge in [-0.3, -0.25) is 10.4 Å².